The van der Waals surface area contributed by atoms with E-state index in [0.717, 1.165) is 0 Å². The van der Waals surface area contributed by atoms with Gasteiger partial charge in [-0.3, -0.25) is 0 Å². The zero-order chi connectivity index (χ0) is 6.78. The van der Waals surface area contributed by atoms with Gasteiger partial charge in [0.15, 0.2) is 6.67 Å². The van der Waals surface area contributed by atoms with Gasteiger partial charge >= 0.3 is 5.97 Å². The first-order valence-corrected chi connectivity index (χ1v) is 2.15. The molecule has 0 aromatic heterocycles. The van der Waals surface area contributed by atoms with E-state index in [9.17, 15) is 9.18 Å². The quantitative estimate of drug-likeness (QED) is 0.430. The van der Waals surface area contributed by atoms with E-state index >= 15 is 0 Å². The lowest BCUT2D eigenvalue weighted by atomic mass is 10.1. The van der Waals surface area contributed by atoms with E-state index in [1.54, 1.807) is 0 Å². The predicted molar refractivity (Wildman–Crippen MR) is 24.9 cm³/mol. The number of hydrogen-bond donors (Lipinski definition) is 2. The van der Waals surface area contributed by atoms with Crippen molar-refractivity contribution in [1.29, 1.82) is 0 Å². The summed E-state index contributed by atoms with van der Waals surface area (Å²) in [4.78, 5) is 9.95. The van der Waals surface area contributed by atoms with Crippen LogP contribution < -0.4 is 18.1 Å². The summed E-state index contributed by atoms with van der Waals surface area (Å²) in [6.07, 6.45) is 0. The second-order valence-electron chi connectivity index (χ2n) is 2.00. The third kappa shape index (κ3) is 3.26. The first kappa shape index (κ1) is 11.4. The number of carboxylic acid groups (broad SMARTS) is 1. The van der Waals surface area contributed by atoms with E-state index in [4.69, 9.17) is 5.11 Å². The maximum atomic E-state index is 11.6. The van der Waals surface area contributed by atoms with Gasteiger partial charge in [0.1, 0.15) is 0 Å². The Kier molecular flexibility index (Phi) is 4.62. The van der Waals surface area contributed by atoms with Crippen LogP contribution in [0.3, 0.4) is 0 Å². The summed E-state index contributed by atoms with van der Waals surface area (Å²) < 4.78 is 11.6. The molecule has 0 aliphatic heterocycles. The third-order valence-corrected chi connectivity index (χ3v) is 0.811. The van der Waals surface area contributed by atoms with Crippen molar-refractivity contribution < 1.29 is 32.4 Å². The Hall–Kier alpha value is -0.350. The molecule has 9 heavy (non-hydrogen) atoms. The van der Waals surface area contributed by atoms with Gasteiger partial charge in [-0.2, -0.15) is 0 Å². The van der Waals surface area contributed by atoms with Crippen molar-refractivity contribution in [2.75, 3.05) is 6.67 Å². The first-order chi connectivity index (χ1) is 3.50. The van der Waals surface area contributed by atoms with Crippen LogP contribution in [-0.4, -0.2) is 23.3 Å². The Morgan fingerprint density at radius 2 is 2.22 bits per heavy atom. The minimum atomic E-state index is -1.46. The second kappa shape index (κ2) is 3.63. The normalized spacial score (nSPS) is 15.4. The molecule has 0 aliphatic carbocycles. The largest absolute Gasteiger partial charge is 1.00 e. The lowest BCUT2D eigenvalue weighted by Gasteiger charge is -2.08. The van der Waals surface area contributed by atoms with Gasteiger partial charge in [0, 0.05) is 6.92 Å². The first-order valence-electron chi connectivity index (χ1n) is 2.15. The molecule has 0 rings (SSSR count). The Labute approximate surface area is 58.4 Å². The summed E-state index contributed by atoms with van der Waals surface area (Å²) in [7, 11) is 0. The maximum absolute atomic E-state index is 11.6. The SMILES string of the molecule is CC([NH3+])(CF)C(=O)O.[Cl-]. The van der Waals surface area contributed by atoms with Gasteiger partial charge in [-0.15, -0.1) is 0 Å². The van der Waals surface area contributed by atoms with Gasteiger partial charge in [0.2, 0.25) is 5.54 Å². The lowest BCUT2D eigenvalue weighted by Crippen LogP contribution is -3.00. The van der Waals surface area contributed by atoms with E-state index < -0.39 is 18.2 Å². The van der Waals surface area contributed by atoms with Gasteiger partial charge in [0.25, 0.3) is 0 Å². The summed E-state index contributed by atoms with van der Waals surface area (Å²) in [6.45, 7) is 0.303. The molecule has 0 saturated heterocycles. The van der Waals surface area contributed by atoms with Crippen molar-refractivity contribution in [2.45, 2.75) is 12.5 Å². The van der Waals surface area contributed by atoms with Crippen LogP contribution >= 0.6 is 0 Å². The average molecular weight is 158 g/mol. The highest BCUT2D eigenvalue weighted by atomic mass is 35.5. The number of carbonyl (C=O) groups is 1. The van der Waals surface area contributed by atoms with E-state index in [2.05, 4.69) is 5.73 Å². The summed E-state index contributed by atoms with van der Waals surface area (Å²) in [5.74, 6) is -1.21. The molecule has 5 heteroatoms. The number of quaternary nitrogens is 1. The zero-order valence-electron chi connectivity index (χ0n) is 5.03. The van der Waals surface area contributed by atoms with Crippen molar-refractivity contribution in [1.82, 2.24) is 0 Å². The molecule has 0 aliphatic rings. The molecule has 0 fully saturated rings. The molecule has 0 aromatic carbocycles. The van der Waals surface area contributed by atoms with Crippen LogP contribution in [0.15, 0.2) is 0 Å². The molecule has 1 atom stereocenters. The second-order valence-corrected chi connectivity index (χ2v) is 2.00. The van der Waals surface area contributed by atoms with Crippen LogP contribution in [0.5, 0.6) is 0 Å². The molecular weight excluding hydrogens is 148 g/mol. The highest BCUT2D eigenvalue weighted by Crippen LogP contribution is 1.94. The summed E-state index contributed by atoms with van der Waals surface area (Å²) in [5, 5.41) is 8.14. The minimum Gasteiger partial charge on any atom is -1.00 e. The van der Waals surface area contributed by atoms with Crippen LogP contribution in [0.2, 0.25) is 0 Å². The van der Waals surface area contributed by atoms with Crippen molar-refractivity contribution in [3.63, 3.8) is 0 Å². The van der Waals surface area contributed by atoms with E-state index in [-0.39, 0.29) is 12.4 Å². The van der Waals surface area contributed by atoms with Gasteiger partial charge in [-0.05, 0) is 0 Å². The van der Waals surface area contributed by atoms with Gasteiger partial charge < -0.3 is 23.2 Å². The monoisotopic (exact) mass is 157 g/mol. The molecule has 0 spiro atoms. The molecule has 0 aromatic rings. The minimum absolute atomic E-state index is 0. The lowest BCUT2D eigenvalue weighted by molar-refractivity contribution is -0.458. The molecule has 1 unspecified atom stereocenters. The highest BCUT2D eigenvalue weighted by molar-refractivity contribution is 5.76. The molecular formula is C4H9ClFNO2. The topological polar surface area (TPSA) is 64.9 Å². The number of carboxylic acids is 1. The molecule has 3 nitrogen and oxygen atoms in total. The number of hydrogen-bond acceptors (Lipinski definition) is 1. The number of alkyl halides is 1. The standard InChI is InChI=1S/C4H8FNO2.ClH/c1-4(6,2-5)3(7)8;/h2,6H2,1H3,(H,7,8);1H. The van der Waals surface area contributed by atoms with Crippen molar-refractivity contribution in [3.05, 3.63) is 0 Å². The molecule has 0 radical (unpaired) electrons. The Morgan fingerprint density at radius 1 is 1.89 bits per heavy atom. The van der Waals surface area contributed by atoms with Gasteiger partial charge in [-0.1, -0.05) is 0 Å². The summed E-state index contributed by atoms with van der Waals surface area (Å²) in [5.41, 5.74) is 1.66. The Morgan fingerprint density at radius 3 is 2.22 bits per heavy atom. The summed E-state index contributed by atoms with van der Waals surface area (Å²) in [6, 6.07) is 0. The van der Waals surface area contributed by atoms with Gasteiger partial charge in [0.05, 0.1) is 0 Å². The Bertz CT molecular complexity index is 107. The van der Waals surface area contributed by atoms with Crippen molar-refractivity contribution >= 4 is 5.97 Å². The average Bonchev–Trinajstić information content (AvgIpc) is 1.67. The summed E-state index contributed by atoms with van der Waals surface area (Å²) >= 11 is 0. The number of rotatable bonds is 2. The third-order valence-electron chi connectivity index (χ3n) is 0.811. The van der Waals surface area contributed by atoms with E-state index in [0.29, 0.717) is 0 Å². The van der Waals surface area contributed by atoms with Crippen LogP contribution in [0, 0.1) is 0 Å². The number of aliphatic carboxylic acids is 1. The smallest absolute Gasteiger partial charge is 0.368 e. The fourth-order valence-electron chi connectivity index (χ4n) is 0.0572. The molecule has 56 valence electrons. The molecule has 0 heterocycles. The molecule has 0 saturated carbocycles. The molecule has 0 amide bonds. The van der Waals surface area contributed by atoms with Crippen LogP contribution in [-0.2, 0) is 4.79 Å². The predicted octanol–water partition coefficient (Wildman–Crippen LogP) is -3.95. The van der Waals surface area contributed by atoms with Crippen molar-refractivity contribution in [3.8, 4) is 0 Å². The van der Waals surface area contributed by atoms with Crippen LogP contribution in [0.1, 0.15) is 6.92 Å². The van der Waals surface area contributed by atoms with E-state index in [1.165, 1.54) is 6.92 Å². The number of halogens is 2. The Balaban J connectivity index is 0. The molecule has 4 N–H and O–H groups in total. The maximum Gasteiger partial charge on any atom is 0.368 e. The van der Waals surface area contributed by atoms with Gasteiger partial charge in [-0.25, -0.2) is 9.18 Å². The fraction of sp³-hybridized carbons (Fsp3) is 0.750. The zero-order valence-corrected chi connectivity index (χ0v) is 5.78. The molecule has 0 bridgehead atoms. The van der Waals surface area contributed by atoms with E-state index in [1.807, 2.05) is 0 Å². The fourth-order valence-corrected chi connectivity index (χ4v) is 0.0572. The highest BCUT2D eigenvalue weighted by Gasteiger charge is 2.32. The van der Waals surface area contributed by atoms with Crippen LogP contribution in [0.4, 0.5) is 4.39 Å². The van der Waals surface area contributed by atoms with Crippen LogP contribution in [0.25, 0.3) is 0 Å². The van der Waals surface area contributed by atoms with Crippen molar-refractivity contribution in [2.24, 2.45) is 0 Å².